The maximum Gasteiger partial charge on any atom is -0.00742 e. The van der Waals surface area contributed by atoms with Crippen molar-refractivity contribution < 1.29 is 0 Å². The molecule has 0 aliphatic rings. The Morgan fingerprint density at radius 2 is 1.50 bits per heavy atom. The van der Waals surface area contributed by atoms with Gasteiger partial charge in [-0.2, -0.15) is 0 Å². The van der Waals surface area contributed by atoms with Crippen LogP contribution in [0.25, 0.3) is 0 Å². The van der Waals surface area contributed by atoms with Gasteiger partial charge in [0.2, 0.25) is 0 Å². The number of rotatable bonds is 8. The smallest absolute Gasteiger partial charge is 0.00742 e. The summed E-state index contributed by atoms with van der Waals surface area (Å²) in [6.07, 6.45) is 10.5. The molecular weight excluding hydrogens is 164 g/mol. The van der Waals surface area contributed by atoms with E-state index in [9.17, 15) is 0 Å². The zero-order chi connectivity index (χ0) is 9.23. The van der Waals surface area contributed by atoms with E-state index in [2.05, 4.69) is 13.8 Å². The van der Waals surface area contributed by atoms with Crippen molar-refractivity contribution in [1.29, 1.82) is 0 Å². The van der Waals surface area contributed by atoms with Crippen molar-refractivity contribution in [2.45, 2.75) is 65.2 Å². The molecule has 0 saturated carbocycles. The van der Waals surface area contributed by atoms with Gasteiger partial charge in [0.25, 0.3) is 0 Å². The fourth-order valence-corrected chi connectivity index (χ4v) is 1.42. The van der Waals surface area contributed by atoms with E-state index in [1.54, 1.807) is 0 Å². The maximum absolute atomic E-state index is 5.16. The minimum absolute atomic E-state index is 1.09. The molecule has 0 aliphatic heterocycles. The Kier molecular flexibility index (Phi) is 9.25. The van der Waals surface area contributed by atoms with E-state index in [1.165, 1.54) is 49.8 Å². The fraction of sp³-hybridized carbons (Fsp3) is 0.909. The molecule has 0 bridgehead atoms. The second kappa shape index (κ2) is 9.18. The molecule has 72 valence electrons. The molecule has 0 aromatic heterocycles. The van der Waals surface area contributed by atoms with Gasteiger partial charge in [0, 0.05) is 0 Å². The van der Waals surface area contributed by atoms with Crippen LogP contribution in [0.15, 0.2) is 0 Å². The zero-order valence-corrected chi connectivity index (χ0v) is 9.38. The monoisotopic (exact) mass is 186 g/mol. The molecule has 0 aromatic carbocycles. The van der Waals surface area contributed by atoms with Gasteiger partial charge >= 0.3 is 0 Å². The molecule has 0 saturated heterocycles. The molecule has 0 spiro atoms. The van der Waals surface area contributed by atoms with E-state index >= 15 is 0 Å². The molecule has 0 amide bonds. The van der Waals surface area contributed by atoms with Crippen molar-refractivity contribution in [2.24, 2.45) is 0 Å². The molecule has 0 unspecified atom stereocenters. The summed E-state index contributed by atoms with van der Waals surface area (Å²) in [6.45, 7) is 4.41. The van der Waals surface area contributed by atoms with Crippen LogP contribution in [0, 0.1) is 0 Å². The Morgan fingerprint density at radius 3 is 2.08 bits per heavy atom. The van der Waals surface area contributed by atoms with Crippen molar-refractivity contribution in [1.82, 2.24) is 0 Å². The predicted molar refractivity (Wildman–Crippen MR) is 60.9 cm³/mol. The molecule has 0 aliphatic carbocycles. The van der Waals surface area contributed by atoms with E-state index in [4.69, 9.17) is 12.2 Å². The molecule has 0 aromatic rings. The lowest BCUT2D eigenvalue weighted by atomic mass is 10.1. The number of hydrogen-bond donors (Lipinski definition) is 0. The van der Waals surface area contributed by atoms with E-state index < -0.39 is 0 Å². The average molecular weight is 186 g/mol. The molecule has 0 fully saturated rings. The van der Waals surface area contributed by atoms with Crippen molar-refractivity contribution in [2.75, 3.05) is 0 Å². The second-order valence-electron chi connectivity index (χ2n) is 3.41. The van der Waals surface area contributed by atoms with Gasteiger partial charge in [-0.25, -0.2) is 0 Å². The molecular formula is C11H22S. The van der Waals surface area contributed by atoms with Crippen molar-refractivity contribution in [3.63, 3.8) is 0 Å². The first kappa shape index (κ1) is 12.1. The Balaban J connectivity index is 2.95. The minimum Gasteiger partial charge on any atom is -0.0897 e. The molecule has 0 atom stereocenters. The summed E-state index contributed by atoms with van der Waals surface area (Å²) in [5.41, 5.74) is 0. The van der Waals surface area contributed by atoms with Gasteiger partial charge in [0.15, 0.2) is 0 Å². The van der Waals surface area contributed by atoms with Gasteiger partial charge in [-0.3, -0.25) is 0 Å². The Hall–Kier alpha value is 0.0900. The SMILES string of the molecule is CCCCCCCCC(=S)CC. The van der Waals surface area contributed by atoms with Gasteiger partial charge < -0.3 is 0 Å². The highest BCUT2D eigenvalue weighted by Gasteiger charge is 1.93. The van der Waals surface area contributed by atoms with Crippen LogP contribution >= 0.6 is 12.2 Å². The van der Waals surface area contributed by atoms with Crippen LogP contribution in [0.3, 0.4) is 0 Å². The lowest BCUT2D eigenvalue weighted by Gasteiger charge is -2.00. The van der Waals surface area contributed by atoms with E-state index in [0.29, 0.717) is 0 Å². The van der Waals surface area contributed by atoms with Crippen LogP contribution in [0.1, 0.15) is 65.2 Å². The van der Waals surface area contributed by atoms with Crippen molar-refractivity contribution in [3.05, 3.63) is 0 Å². The lowest BCUT2D eigenvalue weighted by molar-refractivity contribution is 0.615. The first-order valence-electron chi connectivity index (χ1n) is 5.33. The Bertz CT molecular complexity index is 108. The largest absolute Gasteiger partial charge is 0.0897 e. The van der Waals surface area contributed by atoms with Gasteiger partial charge in [0.1, 0.15) is 0 Å². The third kappa shape index (κ3) is 8.19. The quantitative estimate of drug-likeness (QED) is 0.397. The first-order valence-corrected chi connectivity index (χ1v) is 5.73. The minimum atomic E-state index is 1.09. The van der Waals surface area contributed by atoms with E-state index in [1.807, 2.05) is 0 Å². The summed E-state index contributed by atoms with van der Waals surface area (Å²) in [5, 5.41) is 0. The Labute approximate surface area is 82.7 Å². The van der Waals surface area contributed by atoms with Gasteiger partial charge in [-0.15, -0.1) is 0 Å². The standard InChI is InChI=1S/C11H22S/c1-3-5-6-7-8-9-10-11(12)4-2/h3-10H2,1-2H3. The lowest BCUT2D eigenvalue weighted by Crippen LogP contribution is -1.90. The van der Waals surface area contributed by atoms with Crippen molar-refractivity contribution in [3.8, 4) is 0 Å². The van der Waals surface area contributed by atoms with Gasteiger partial charge in [0.05, 0.1) is 0 Å². The number of unbranched alkanes of at least 4 members (excludes halogenated alkanes) is 5. The van der Waals surface area contributed by atoms with Crippen LogP contribution < -0.4 is 0 Å². The van der Waals surface area contributed by atoms with Crippen LogP contribution in [0.2, 0.25) is 0 Å². The molecule has 0 N–H and O–H groups in total. The topological polar surface area (TPSA) is 0 Å². The summed E-state index contributed by atoms with van der Waals surface area (Å²) in [5.74, 6) is 0. The van der Waals surface area contributed by atoms with Gasteiger partial charge in [-0.1, -0.05) is 58.2 Å². The molecule has 0 rings (SSSR count). The fourth-order valence-electron chi connectivity index (χ4n) is 1.28. The summed E-state index contributed by atoms with van der Waals surface area (Å²) >= 11 is 5.16. The average Bonchev–Trinajstić information content (AvgIpc) is 2.10. The van der Waals surface area contributed by atoms with Crippen LogP contribution in [-0.4, -0.2) is 4.86 Å². The molecule has 0 nitrogen and oxygen atoms in total. The first-order chi connectivity index (χ1) is 5.81. The summed E-state index contributed by atoms with van der Waals surface area (Å²) < 4.78 is 0. The third-order valence-corrected chi connectivity index (χ3v) is 2.70. The highest BCUT2D eigenvalue weighted by atomic mass is 32.1. The highest BCUT2D eigenvalue weighted by molar-refractivity contribution is 7.80. The molecule has 12 heavy (non-hydrogen) atoms. The van der Waals surface area contributed by atoms with E-state index in [0.717, 1.165) is 6.42 Å². The van der Waals surface area contributed by atoms with Crippen LogP contribution in [-0.2, 0) is 0 Å². The van der Waals surface area contributed by atoms with Crippen molar-refractivity contribution >= 4 is 17.1 Å². The second-order valence-corrected chi connectivity index (χ2v) is 3.99. The van der Waals surface area contributed by atoms with Crippen LogP contribution in [0.4, 0.5) is 0 Å². The summed E-state index contributed by atoms with van der Waals surface area (Å²) in [4.78, 5) is 1.26. The maximum atomic E-state index is 5.16. The summed E-state index contributed by atoms with van der Waals surface area (Å²) in [6, 6.07) is 0. The number of thiocarbonyl (C=S) groups is 1. The van der Waals surface area contributed by atoms with E-state index in [-0.39, 0.29) is 0 Å². The number of hydrogen-bond acceptors (Lipinski definition) is 1. The summed E-state index contributed by atoms with van der Waals surface area (Å²) in [7, 11) is 0. The molecule has 0 heterocycles. The predicted octanol–water partition coefficient (Wildman–Crippen LogP) is 4.52. The Morgan fingerprint density at radius 1 is 0.917 bits per heavy atom. The molecule has 0 radical (unpaired) electrons. The molecule has 1 heteroatoms. The third-order valence-electron chi connectivity index (χ3n) is 2.20. The van der Waals surface area contributed by atoms with Gasteiger partial charge in [-0.05, 0) is 24.1 Å². The highest BCUT2D eigenvalue weighted by Crippen LogP contribution is 2.08. The zero-order valence-electron chi connectivity index (χ0n) is 8.57. The normalized spacial score (nSPS) is 10.2. The van der Waals surface area contributed by atoms with Crippen LogP contribution in [0.5, 0.6) is 0 Å².